The summed E-state index contributed by atoms with van der Waals surface area (Å²) in [6.45, 7) is 8.53. The topological polar surface area (TPSA) is 72.9 Å². The van der Waals surface area contributed by atoms with E-state index in [1.54, 1.807) is 4.68 Å². The molecule has 0 saturated carbocycles. The number of nitrogens with two attached hydrogens (primary N) is 1. The minimum Gasteiger partial charge on any atom is -0.398 e. The highest BCUT2D eigenvalue weighted by molar-refractivity contribution is 6.04. The number of nitrogens with zero attached hydrogens (tertiary/aromatic N) is 2. The second-order valence-corrected chi connectivity index (χ2v) is 5.12. The average molecular weight is 286 g/mol. The molecular formula is C16H22N4O. The Labute approximate surface area is 125 Å². The number of hydrogen-bond donors (Lipinski definition) is 2. The van der Waals surface area contributed by atoms with Crippen molar-refractivity contribution in [2.75, 3.05) is 11.1 Å². The van der Waals surface area contributed by atoms with Gasteiger partial charge >= 0.3 is 0 Å². The lowest BCUT2D eigenvalue weighted by atomic mass is 10.1. The molecule has 1 heterocycles. The van der Waals surface area contributed by atoms with Crippen LogP contribution in [0, 0.1) is 13.8 Å². The quantitative estimate of drug-likeness (QED) is 0.849. The zero-order valence-electron chi connectivity index (χ0n) is 13.0. The number of anilines is 2. The minimum absolute atomic E-state index is 0.152. The number of rotatable bonds is 4. The van der Waals surface area contributed by atoms with Crippen LogP contribution >= 0.6 is 0 Å². The van der Waals surface area contributed by atoms with Gasteiger partial charge in [-0.25, -0.2) is 0 Å². The van der Waals surface area contributed by atoms with Gasteiger partial charge in [0.2, 0.25) is 0 Å². The van der Waals surface area contributed by atoms with Gasteiger partial charge < -0.3 is 11.1 Å². The molecule has 0 aliphatic rings. The highest BCUT2D eigenvalue weighted by atomic mass is 16.2. The summed E-state index contributed by atoms with van der Waals surface area (Å²) in [5, 5.41) is 7.37. The molecule has 0 bridgehead atoms. The minimum atomic E-state index is -0.152. The van der Waals surface area contributed by atoms with Crippen LogP contribution in [0.2, 0.25) is 0 Å². The second-order valence-electron chi connectivity index (χ2n) is 5.12. The van der Waals surface area contributed by atoms with E-state index in [0.717, 1.165) is 28.9 Å². The van der Waals surface area contributed by atoms with Gasteiger partial charge in [-0.05, 0) is 50.5 Å². The van der Waals surface area contributed by atoms with E-state index in [1.807, 2.05) is 45.9 Å². The molecule has 0 fully saturated rings. The first-order valence-corrected chi connectivity index (χ1v) is 7.21. The Morgan fingerprint density at radius 1 is 1.33 bits per heavy atom. The van der Waals surface area contributed by atoms with Crippen LogP contribution < -0.4 is 11.1 Å². The van der Waals surface area contributed by atoms with Crippen molar-refractivity contribution in [3.63, 3.8) is 0 Å². The maximum atomic E-state index is 12.5. The van der Waals surface area contributed by atoms with Crippen molar-refractivity contribution in [3.05, 3.63) is 40.7 Å². The Balaban J connectivity index is 2.34. The third kappa shape index (κ3) is 2.91. The van der Waals surface area contributed by atoms with Crippen molar-refractivity contribution < 1.29 is 4.79 Å². The molecule has 1 amide bonds. The van der Waals surface area contributed by atoms with Crippen LogP contribution in [0.15, 0.2) is 18.2 Å². The fraction of sp³-hybridized carbons (Fsp3) is 0.375. The van der Waals surface area contributed by atoms with Gasteiger partial charge in [-0.1, -0.05) is 13.0 Å². The monoisotopic (exact) mass is 286 g/mol. The third-order valence-electron chi connectivity index (χ3n) is 3.68. The van der Waals surface area contributed by atoms with Gasteiger partial charge in [0.15, 0.2) is 0 Å². The van der Waals surface area contributed by atoms with E-state index in [0.29, 0.717) is 17.9 Å². The first-order valence-electron chi connectivity index (χ1n) is 7.21. The van der Waals surface area contributed by atoms with Crippen LogP contribution in [0.25, 0.3) is 0 Å². The van der Waals surface area contributed by atoms with Crippen LogP contribution in [-0.4, -0.2) is 15.7 Å². The second kappa shape index (κ2) is 5.99. The zero-order valence-corrected chi connectivity index (χ0v) is 13.0. The van der Waals surface area contributed by atoms with E-state index in [1.165, 1.54) is 0 Å². The third-order valence-corrected chi connectivity index (χ3v) is 3.68. The number of aromatic nitrogens is 2. The number of hydrogen-bond acceptors (Lipinski definition) is 3. The first kappa shape index (κ1) is 15.1. The lowest BCUT2D eigenvalue weighted by molar-refractivity contribution is 0.101. The fourth-order valence-electron chi connectivity index (χ4n) is 2.30. The molecule has 0 atom stereocenters. The van der Waals surface area contributed by atoms with E-state index in [2.05, 4.69) is 10.4 Å². The maximum Gasteiger partial charge on any atom is 0.273 e. The van der Waals surface area contributed by atoms with E-state index in [9.17, 15) is 4.79 Å². The number of aryl methyl sites for hydroxylation is 3. The molecule has 21 heavy (non-hydrogen) atoms. The molecular weight excluding hydrogens is 264 g/mol. The molecule has 0 spiro atoms. The Hall–Kier alpha value is -2.30. The predicted octanol–water partition coefficient (Wildman–Crippen LogP) is 2.92. The van der Waals surface area contributed by atoms with E-state index < -0.39 is 0 Å². The maximum absolute atomic E-state index is 12.5. The summed E-state index contributed by atoms with van der Waals surface area (Å²) in [6.07, 6.45) is 0.809. The number of carbonyl (C=O) groups excluding carboxylic acids is 1. The van der Waals surface area contributed by atoms with Crippen LogP contribution in [0.3, 0.4) is 0 Å². The lowest BCUT2D eigenvalue weighted by Crippen LogP contribution is -2.18. The van der Waals surface area contributed by atoms with Crippen molar-refractivity contribution in [3.8, 4) is 0 Å². The van der Waals surface area contributed by atoms with Crippen molar-refractivity contribution in [1.82, 2.24) is 9.78 Å². The zero-order chi connectivity index (χ0) is 15.6. The van der Waals surface area contributed by atoms with E-state index >= 15 is 0 Å². The number of benzene rings is 1. The van der Waals surface area contributed by atoms with Gasteiger partial charge in [0.1, 0.15) is 5.69 Å². The molecule has 1 aromatic carbocycles. The van der Waals surface area contributed by atoms with Crippen LogP contribution in [0.5, 0.6) is 0 Å². The molecule has 2 rings (SSSR count). The SMILES string of the molecule is CCc1cc(C(=O)Nc2c(C)ccc(N)c2C)n(CC)n1. The van der Waals surface area contributed by atoms with Gasteiger partial charge in [-0.2, -0.15) is 5.10 Å². The Kier molecular flexibility index (Phi) is 4.31. The average Bonchev–Trinajstić information content (AvgIpc) is 2.91. The van der Waals surface area contributed by atoms with Gasteiger partial charge in [-0.3, -0.25) is 9.48 Å². The molecule has 1 aromatic heterocycles. The molecule has 0 radical (unpaired) electrons. The summed E-state index contributed by atoms with van der Waals surface area (Å²) in [7, 11) is 0. The van der Waals surface area contributed by atoms with Gasteiger partial charge in [0.05, 0.1) is 5.69 Å². The number of carbonyl (C=O) groups is 1. The van der Waals surface area contributed by atoms with Crippen molar-refractivity contribution in [2.24, 2.45) is 0 Å². The Morgan fingerprint density at radius 3 is 2.67 bits per heavy atom. The first-order chi connectivity index (χ1) is 9.97. The molecule has 3 N–H and O–H groups in total. The Bertz CT molecular complexity index is 673. The molecule has 0 unspecified atom stereocenters. The normalized spacial score (nSPS) is 10.7. The van der Waals surface area contributed by atoms with Crippen LogP contribution in [-0.2, 0) is 13.0 Å². The summed E-state index contributed by atoms with van der Waals surface area (Å²) >= 11 is 0. The van der Waals surface area contributed by atoms with Gasteiger partial charge in [-0.15, -0.1) is 0 Å². The molecule has 0 aliphatic heterocycles. The molecule has 2 aromatic rings. The highest BCUT2D eigenvalue weighted by Gasteiger charge is 2.16. The smallest absolute Gasteiger partial charge is 0.273 e. The van der Waals surface area contributed by atoms with Crippen molar-refractivity contribution >= 4 is 17.3 Å². The van der Waals surface area contributed by atoms with E-state index in [4.69, 9.17) is 5.73 Å². The Morgan fingerprint density at radius 2 is 2.05 bits per heavy atom. The number of amides is 1. The number of nitrogen functional groups attached to an aromatic ring is 1. The van der Waals surface area contributed by atoms with E-state index in [-0.39, 0.29) is 5.91 Å². The molecule has 5 heteroatoms. The lowest BCUT2D eigenvalue weighted by Gasteiger charge is -2.13. The van der Waals surface area contributed by atoms with Crippen LogP contribution in [0.1, 0.15) is 41.2 Å². The largest absolute Gasteiger partial charge is 0.398 e. The standard InChI is InChI=1S/C16H22N4O/c1-5-12-9-14(20(6-2)19-12)16(21)18-15-10(3)7-8-13(17)11(15)4/h7-9H,5-6,17H2,1-4H3,(H,18,21). The number of nitrogens with one attached hydrogen (secondary N) is 1. The van der Waals surface area contributed by atoms with Crippen molar-refractivity contribution in [1.29, 1.82) is 0 Å². The molecule has 5 nitrogen and oxygen atoms in total. The predicted molar refractivity (Wildman–Crippen MR) is 85.6 cm³/mol. The van der Waals surface area contributed by atoms with Crippen LogP contribution in [0.4, 0.5) is 11.4 Å². The van der Waals surface area contributed by atoms with Gasteiger partial charge in [0, 0.05) is 17.9 Å². The molecule has 0 saturated heterocycles. The summed E-state index contributed by atoms with van der Waals surface area (Å²) in [5.74, 6) is -0.152. The summed E-state index contributed by atoms with van der Waals surface area (Å²) in [5.41, 5.74) is 10.8. The highest BCUT2D eigenvalue weighted by Crippen LogP contribution is 2.25. The molecule has 0 aliphatic carbocycles. The van der Waals surface area contributed by atoms with Gasteiger partial charge in [0.25, 0.3) is 5.91 Å². The molecule has 112 valence electrons. The fourth-order valence-corrected chi connectivity index (χ4v) is 2.30. The summed E-state index contributed by atoms with van der Waals surface area (Å²) in [4.78, 5) is 12.5. The van der Waals surface area contributed by atoms with Crippen molar-refractivity contribution in [2.45, 2.75) is 40.7 Å². The summed E-state index contributed by atoms with van der Waals surface area (Å²) in [6, 6.07) is 5.61. The summed E-state index contributed by atoms with van der Waals surface area (Å²) < 4.78 is 1.73.